The third-order valence-electron chi connectivity index (χ3n) is 5.88. The number of carbonyl (C=O) groups excluding carboxylic acids is 2. The first-order chi connectivity index (χ1) is 17.6. The Kier molecular flexibility index (Phi) is 7.88. The van der Waals surface area contributed by atoms with Gasteiger partial charge in [-0.05, 0) is 73.9 Å². The van der Waals surface area contributed by atoms with Crippen molar-refractivity contribution < 1.29 is 14.0 Å². The van der Waals surface area contributed by atoms with E-state index in [1.807, 2.05) is 45.9 Å². The molecule has 0 unspecified atom stereocenters. The van der Waals surface area contributed by atoms with Crippen molar-refractivity contribution in [2.45, 2.75) is 32.9 Å². The molecule has 37 heavy (non-hydrogen) atoms. The van der Waals surface area contributed by atoms with Crippen LogP contribution in [0.3, 0.4) is 0 Å². The van der Waals surface area contributed by atoms with Gasteiger partial charge in [0.25, 0.3) is 11.5 Å². The molecule has 4 rings (SSSR count). The lowest BCUT2D eigenvalue weighted by Gasteiger charge is -2.14. The smallest absolute Gasteiger partial charge is 0.266 e. The van der Waals surface area contributed by atoms with E-state index in [9.17, 15) is 18.8 Å². The van der Waals surface area contributed by atoms with Gasteiger partial charge in [-0.1, -0.05) is 43.3 Å². The van der Waals surface area contributed by atoms with Gasteiger partial charge in [-0.15, -0.1) is 0 Å². The molecule has 1 N–H and O–H groups in total. The highest BCUT2D eigenvalue weighted by molar-refractivity contribution is 7.99. The van der Waals surface area contributed by atoms with E-state index in [1.165, 1.54) is 28.8 Å². The normalized spacial score (nSPS) is 11.2. The molecule has 0 atom stereocenters. The van der Waals surface area contributed by atoms with Crippen LogP contribution in [0.15, 0.2) is 70.6 Å². The zero-order valence-corrected chi connectivity index (χ0v) is 22.0. The zero-order valence-electron chi connectivity index (χ0n) is 21.2. The van der Waals surface area contributed by atoms with E-state index < -0.39 is 5.82 Å². The molecular weight excluding hydrogens is 489 g/mol. The van der Waals surface area contributed by atoms with Gasteiger partial charge in [0, 0.05) is 17.7 Å². The Morgan fingerprint density at radius 2 is 1.76 bits per heavy atom. The van der Waals surface area contributed by atoms with Gasteiger partial charge in [-0.2, -0.15) is 0 Å². The lowest BCUT2D eigenvalue weighted by Crippen LogP contribution is -2.27. The van der Waals surface area contributed by atoms with Gasteiger partial charge < -0.3 is 5.32 Å². The molecule has 1 heterocycles. The van der Waals surface area contributed by atoms with Gasteiger partial charge >= 0.3 is 0 Å². The van der Waals surface area contributed by atoms with E-state index in [0.29, 0.717) is 40.2 Å². The number of rotatable bonds is 8. The van der Waals surface area contributed by atoms with Crippen LogP contribution in [0.2, 0.25) is 0 Å². The van der Waals surface area contributed by atoms with Crippen LogP contribution in [0, 0.1) is 25.6 Å². The second kappa shape index (κ2) is 11.1. The Hall–Kier alpha value is -3.78. The molecule has 190 valence electrons. The molecule has 0 fully saturated rings. The number of fused-ring (bicyclic) bond motifs is 1. The van der Waals surface area contributed by atoms with Crippen LogP contribution in [0.5, 0.6) is 0 Å². The first-order valence-electron chi connectivity index (χ1n) is 12.0. The number of nitrogens with zero attached hydrogens (tertiary/aromatic N) is 2. The summed E-state index contributed by atoms with van der Waals surface area (Å²) < 4.78 is 15.0. The number of hydrogen-bond donors (Lipinski definition) is 1. The second-order valence-electron chi connectivity index (χ2n) is 9.38. The number of hydrogen-bond acceptors (Lipinski definition) is 5. The summed E-state index contributed by atoms with van der Waals surface area (Å²) in [5, 5.41) is 3.46. The molecule has 0 aliphatic carbocycles. The van der Waals surface area contributed by atoms with E-state index in [4.69, 9.17) is 0 Å². The molecule has 0 aliphatic rings. The number of ketones is 1. The predicted molar refractivity (Wildman–Crippen MR) is 145 cm³/mol. The van der Waals surface area contributed by atoms with Crippen LogP contribution in [0.1, 0.15) is 45.7 Å². The van der Waals surface area contributed by atoms with E-state index in [-0.39, 0.29) is 28.2 Å². The van der Waals surface area contributed by atoms with Crippen LogP contribution in [-0.2, 0) is 0 Å². The molecule has 0 radical (unpaired) electrons. The summed E-state index contributed by atoms with van der Waals surface area (Å²) in [6.45, 7) is 8.34. The molecule has 0 spiro atoms. The molecule has 0 saturated heterocycles. The topological polar surface area (TPSA) is 81.1 Å². The highest BCUT2D eigenvalue weighted by Crippen LogP contribution is 2.24. The highest BCUT2D eigenvalue weighted by atomic mass is 32.2. The number of benzene rings is 3. The van der Waals surface area contributed by atoms with Crippen LogP contribution in [-0.4, -0.2) is 33.5 Å². The lowest BCUT2D eigenvalue weighted by atomic mass is 10.0. The van der Waals surface area contributed by atoms with Gasteiger partial charge in [0.1, 0.15) is 5.82 Å². The van der Waals surface area contributed by atoms with Crippen molar-refractivity contribution in [3.05, 3.63) is 99.1 Å². The highest BCUT2D eigenvalue weighted by Gasteiger charge is 2.18. The molecule has 6 nitrogen and oxygen atoms in total. The summed E-state index contributed by atoms with van der Waals surface area (Å²) in [4.78, 5) is 43.9. The fourth-order valence-electron chi connectivity index (χ4n) is 3.86. The Balaban J connectivity index is 1.76. The number of carbonyl (C=O) groups is 2. The fraction of sp³-hybridized carbons (Fsp3) is 0.241. The third-order valence-corrected chi connectivity index (χ3v) is 6.82. The van der Waals surface area contributed by atoms with Gasteiger partial charge in [0.05, 0.1) is 22.3 Å². The molecule has 1 aromatic heterocycles. The van der Waals surface area contributed by atoms with Crippen molar-refractivity contribution in [2.24, 2.45) is 5.92 Å². The van der Waals surface area contributed by atoms with Crippen molar-refractivity contribution in [1.82, 2.24) is 14.9 Å². The number of halogens is 1. The summed E-state index contributed by atoms with van der Waals surface area (Å²) in [6, 6.07) is 16.0. The molecule has 0 aliphatic heterocycles. The summed E-state index contributed by atoms with van der Waals surface area (Å²) in [6.07, 6.45) is 0. The van der Waals surface area contributed by atoms with Gasteiger partial charge in [0.15, 0.2) is 10.9 Å². The summed E-state index contributed by atoms with van der Waals surface area (Å²) >= 11 is 1.13. The molecule has 4 aromatic rings. The average Bonchev–Trinajstić information content (AvgIpc) is 2.87. The van der Waals surface area contributed by atoms with Crippen LogP contribution >= 0.6 is 11.8 Å². The monoisotopic (exact) mass is 517 g/mol. The molecule has 8 heteroatoms. The second-order valence-corrected chi connectivity index (χ2v) is 10.3. The molecule has 1 amide bonds. The largest absolute Gasteiger partial charge is 0.352 e. The predicted octanol–water partition coefficient (Wildman–Crippen LogP) is 5.50. The Labute approximate surface area is 218 Å². The fourth-order valence-corrected chi connectivity index (χ4v) is 4.76. The van der Waals surface area contributed by atoms with Crippen LogP contribution in [0.25, 0.3) is 16.6 Å². The standard InChI is InChI=1S/C29H28FN3O3S/c1-17(2)15-31-27(35)20-7-12-23-25(14-20)32-29(33(28(23)36)22-10-8-21(30)9-11-22)37-16-26(34)24-13-18(3)5-6-19(24)4/h5-14,17H,15-16H2,1-4H3,(H,31,35). The minimum atomic E-state index is -0.429. The average molecular weight is 518 g/mol. The molecule has 0 bridgehead atoms. The first kappa shape index (κ1) is 26.3. The SMILES string of the molecule is Cc1ccc(C)c(C(=O)CSc2nc3cc(C(=O)NCC(C)C)ccc3c(=O)n2-c2ccc(F)cc2)c1. The van der Waals surface area contributed by atoms with Gasteiger partial charge in [-0.3, -0.25) is 19.0 Å². The third kappa shape index (κ3) is 5.97. The summed E-state index contributed by atoms with van der Waals surface area (Å²) in [7, 11) is 0. The summed E-state index contributed by atoms with van der Waals surface area (Å²) in [5.41, 5.74) is 3.27. The minimum absolute atomic E-state index is 0.0536. The maximum atomic E-state index is 13.6. The van der Waals surface area contributed by atoms with Crippen molar-refractivity contribution >= 4 is 34.4 Å². The summed E-state index contributed by atoms with van der Waals surface area (Å²) in [5.74, 6) is -0.421. The van der Waals surface area contributed by atoms with Gasteiger partial charge in [-0.25, -0.2) is 9.37 Å². The van der Waals surface area contributed by atoms with Gasteiger partial charge in [0.2, 0.25) is 0 Å². The van der Waals surface area contributed by atoms with Crippen molar-refractivity contribution in [3.8, 4) is 5.69 Å². The zero-order chi connectivity index (χ0) is 26.7. The molecule has 3 aromatic carbocycles. The minimum Gasteiger partial charge on any atom is -0.352 e. The van der Waals surface area contributed by atoms with Crippen molar-refractivity contribution in [3.63, 3.8) is 0 Å². The maximum Gasteiger partial charge on any atom is 0.266 e. The number of aryl methyl sites for hydroxylation is 2. The quantitative estimate of drug-likeness (QED) is 0.190. The number of amides is 1. The van der Waals surface area contributed by atoms with Crippen molar-refractivity contribution in [1.29, 1.82) is 0 Å². The van der Waals surface area contributed by atoms with Crippen molar-refractivity contribution in [2.75, 3.05) is 12.3 Å². The first-order valence-corrected chi connectivity index (χ1v) is 13.0. The molecular formula is C29H28FN3O3S. The van der Waals surface area contributed by atoms with E-state index in [0.717, 1.165) is 22.9 Å². The molecule has 0 saturated carbocycles. The number of nitrogens with one attached hydrogen (secondary N) is 1. The number of aromatic nitrogens is 2. The maximum absolute atomic E-state index is 13.6. The number of Topliss-reactive ketones (excluding diaryl/α,β-unsaturated/α-hetero) is 1. The van der Waals surface area contributed by atoms with Crippen LogP contribution < -0.4 is 10.9 Å². The Morgan fingerprint density at radius 1 is 1.03 bits per heavy atom. The number of thioether (sulfide) groups is 1. The van der Waals surface area contributed by atoms with E-state index in [1.54, 1.807) is 18.2 Å². The van der Waals surface area contributed by atoms with E-state index >= 15 is 0 Å². The van der Waals surface area contributed by atoms with Crippen LogP contribution in [0.4, 0.5) is 4.39 Å². The Morgan fingerprint density at radius 3 is 2.46 bits per heavy atom. The Bertz CT molecular complexity index is 1550. The van der Waals surface area contributed by atoms with E-state index in [2.05, 4.69) is 10.3 Å². The lowest BCUT2D eigenvalue weighted by molar-refractivity contribution is 0.0948.